The van der Waals surface area contributed by atoms with Crippen molar-refractivity contribution in [3.8, 4) is 0 Å². The summed E-state index contributed by atoms with van der Waals surface area (Å²) in [5.74, 6) is 0.451. The van der Waals surface area contributed by atoms with Gasteiger partial charge in [-0.25, -0.2) is 4.98 Å². The van der Waals surface area contributed by atoms with Crippen LogP contribution in [-0.4, -0.2) is 80.4 Å². The molecule has 2 fully saturated rings. The second-order valence-corrected chi connectivity index (χ2v) is 10.4. The Labute approximate surface area is 209 Å². The van der Waals surface area contributed by atoms with Gasteiger partial charge < -0.3 is 10.0 Å². The van der Waals surface area contributed by atoms with Gasteiger partial charge in [-0.3, -0.25) is 23.8 Å². The number of rotatable bonds is 8. The molecule has 1 N–H and O–H groups in total. The molecule has 2 aliphatic heterocycles. The van der Waals surface area contributed by atoms with Crippen LogP contribution in [0.1, 0.15) is 37.3 Å². The molecule has 10 heteroatoms. The molecule has 1 amide bonds. The average molecular weight is 502 g/mol. The van der Waals surface area contributed by atoms with Gasteiger partial charge in [0, 0.05) is 45.5 Å². The maximum atomic E-state index is 13.6. The van der Waals surface area contributed by atoms with Crippen LogP contribution in [0.4, 0.5) is 5.82 Å². The van der Waals surface area contributed by atoms with E-state index in [9.17, 15) is 14.7 Å². The molecule has 0 unspecified atom stereocenters. The third kappa shape index (κ3) is 5.19. The minimum atomic E-state index is -0.197. The van der Waals surface area contributed by atoms with Crippen LogP contribution >= 0.6 is 24.0 Å². The number of hydrogen-bond acceptors (Lipinski definition) is 8. The minimum absolute atomic E-state index is 0.125. The van der Waals surface area contributed by atoms with E-state index in [4.69, 9.17) is 17.2 Å². The molecule has 4 rings (SSSR count). The lowest BCUT2D eigenvalue weighted by Gasteiger charge is -2.35. The standard InChI is InChI=1S/C24H31N5O3S2/c1-3-4-5-8-28-23(32)19(34-24(28)33)15-18-21(27-11-9-26(10-12-27)13-14-30)25-20-7-6-17(2)16-29(20)22(18)31/h6-7,15-16,30H,3-5,8-14H2,1-2H3. The minimum Gasteiger partial charge on any atom is -0.395 e. The average Bonchev–Trinajstić information content (AvgIpc) is 3.09. The number of anilines is 1. The van der Waals surface area contributed by atoms with Crippen molar-refractivity contribution >= 4 is 51.7 Å². The van der Waals surface area contributed by atoms with Crippen LogP contribution in [0.3, 0.4) is 0 Å². The molecule has 0 bridgehead atoms. The molecule has 0 aromatic carbocycles. The number of fused-ring (bicyclic) bond motifs is 1. The fraction of sp³-hybridized carbons (Fsp3) is 0.500. The zero-order valence-corrected chi connectivity index (χ0v) is 21.3. The summed E-state index contributed by atoms with van der Waals surface area (Å²) < 4.78 is 2.09. The zero-order valence-electron chi connectivity index (χ0n) is 19.7. The third-order valence-electron chi connectivity index (χ3n) is 6.21. The first-order valence-electron chi connectivity index (χ1n) is 11.8. The number of piperazine rings is 1. The van der Waals surface area contributed by atoms with Crippen LogP contribution in [0, 0.1) is 6.92 Å². The summed E-state index contributed by atoms with van der Waals surface area (Å²) in [5.41, 5.74) is 1.74. The molecule has 0 saturated carbocycles. The number of carbonyl (C=O) groups excluding carboxylic acids is 1. The number of β-amino-alcohol motifs (C(OH)–C–C–N with tert-alkyl or cyclic N) is 1. The Morgan fingerprint density at radius 3 is 2.62 bits per heavy atom. The van der Waals surface area contributed by atoms with Gasteiger partial charge in [0.2, 0.25) is 0 Å². The molecule has 0 radical (unpaired) electrons. The summed E-state index contributed by atoms with van der Waals surface area (Å²) in [4.78, 5) is 38.0. The van der Waals surface area contributed by atoms with E-state index < -0.39 is 0 Å². The summed E-state index contributed by atoms with van der Waals surface area (Å²) in [7, 11) is 0. The van der Waals surface area contributed by atoms with Crippen molar-refractivity contribution in [1.82, 2.24) is 19.2 Å². The second kappa shape index (κ2) is 11.0. The molecule has 0 atom stereocenters. The number of carbonyl (C=O) groups is 1. The molecule has 2 aromatic rings. The molecule has 182 valence electrons. The molecule has 2 saturated heterocycles. The van der Waals surface area contributed by atoms with Crippen molar-refractivity contribution < 1.29 is 9.90 Å². The Balaban J connectivity index is 1.73. The molecule has 34 heavy (non-hydrogen) atoms. The van der Waals surface area contributed by atoms with Crippen LogP contribution < -0.4 is 10.5 Å². The highest BCUT2D eigenvalue weighted by Crippen LogP contribution is 2.34. The van der Waals surface area contributed by atoms with E-state index in [0.717, 1.165) is 37.9 Å². The number of hydrogen-bond donors (Lipinski definition) is 1. The van der Waals surface area contributed by atoms with Gasteiger partial charge in [-0.15, -0.1) is 0 Å². The topological polar surface area (TPSA) is 81.4 Å². The summed E-state index contributed by atoms with van der Waals surface area (Å²) in [5, 5.41) is 9.25. The van der Waals surface area contributed by atoms with E-state index in [-0.39, 0.29) is 18.1 Å². The van der Waals surface area contributed by atoms with Crippen LogP contribution in [0.2, 0.25) is 0 Å². The number of thiocarbonyl (C=S) groups is 1. The first kappa shape index (κ1) is 24.8. The van der Waals surface area contributed by atoms with Gasteiger partial charge in [0.1, 0.15) is 15.8 Å². The monoisotopic (exact) mass is 501 g/mol. The number of aliphatic hydroxyl groups excluding tert-OH is 1. The molecule has 0 spiro atoms. The molecule has 8 nitrogen and oxygen atoms in total. The van der Waals surface area contributed by atoms with Crippen LogP contribution in [-0.2, 0) is 4.79 Å². The maximum absolute atomic E-state index is 13.6. The smallest absolute Gasteiger partial charge is 0.267 e. The van der Waals surface area contributed by atoms with Gasteiger partial charge in [0.15, 0.2) is 0 Å². The van der Waals surface area contributed by atoms with Crippen LogP contribution in [0.25, 0.3) is 11.7 Å². The first-order chi connectivity index (χ1) is 16.4. The molecule has 0 aliphatic carbocycles. The van der Waals surface area contributed by atoms with E-state index in [1.807, 2.05) is 19.1 Å². The van der Waals surface area contributed by atoms with Gasteiger partial charge in [-0.1, -0.05) is 49.8 Å². The molecule has 2 aliphatic rings. The number of aryl methyl sites for hydroxylation is 1. The lowest BCUT2D eigenvalue weighted by atomic mass is 10.2. The predicted octanol–water partition coefficient (Wildman–Crippen LogP) is 2.51. The van der Waals surface area contributed by atoms with Crippen molar-refractivity contribution in [2.75, 3.05) is 50.8 Å². The number of thioether (sulfide) groups is 1. The van der Waals surface area contributed by atoms with Crippen molar-refractivity contribution in [1.29, 1.82) is 0 Å². The third-order valence-corrected chi connectivity index (χ3v) is 7.59. The van der Waals surface area contributed by atoms with E-state index in [1.54, 1.807) is 21.6 Å². The number of amides is 1. The highest BCUT2D eigenvalue weighted by Gasteiger charge is 2.32. The van der Waals surface area contributed by atoms with Crippen molar-refractivity contribution in [3.63, 3.8) is 0 Å². The molecule has 2 aromatic heterocycles. The van der Waals surface area contributed by atoms with Gasteiger partial charge in [-0.05, 0) is 31.1 Å². The number of nitrogens with zero attached hydrogens (tertiary/aromatic N) is 5. The Morgan fingerprint density at radius 1 is 1.15 bits per heavy atom. The Hall–Kier alpha value is -2.27. The highest BCUT2D eigenvalue weighted by molar-refractivity contribution is 8.26. The summed E-state index contributed by atoms with van der Waals surface area (Å²) in [6.07, 6.45) is 6.47. The fourth-order valence-corrected chi connectivity index (χ4v) is 5.57. The number of aliphatic hydroxyl groups is 1. The fourth-order valence-electron chi connectivity index (χ4n) is 4.28. The van der Waals surface area contributed by atoms with Crippen molar-refractivity contribution in [2.24, 2.45) is 0 Å². The normalized spacial score (nSPS) is 18.6. The molecule has 4 heterocycles. The Bertz CT molecular complexity index is 1170. The lowest BCUT2D eigenvalue weighted by molar-refractivity contribution is -0.122. The van der Waals surface area contributed by atoms with Crippen molar-refractivity contribution in [2.45, 2.75) is 33.1 Å². The van der Waals surface area contributed by atoms with E-state index >= 15 is 0 Å². The van der Waals surface area contributed by atoms with Gasteiger partial charge in [0.05, 0.1) is 17.1 Å². The van der Waals surface area contributed by atoms with E-state index in [1.165, 1.54) is 11.8 Å². The van der Waals surface area contributed by atoms with E-state index in [2.05, 4.69) is 16.7 Å². The van der Waals surface area contributed by atoms with Crippen LogP contribution in [0.5, 0.6) is 0 Å². The predicted molar refractivity (Wildman–Crippen MR) is 141 cm³/mol. The lowest BCUT2D eigenvalue weighted by Crippen LogP contribution is -2.48. The summed E-state index contributed by atoms with van der Waals surface area (Å²) in [6, 6.07) is 3.78. The Morgan fingerprint density at radius 2 is 1.91 bits per heavy atom. The highest BCUT2D eigenvalue weighted by atomic mass is 32.2. The van der Waals surface area contributed by atoms with Gasteiger partial charge in [-0.2, -0.15) is 0 Å². The number of unbranched alkanes of at least 4 members (excludes halogenated alkanes) is 2. The largest absolute Gasteiger partial charge is 0.395 e. The number of aromatic nitrogens is 2. The molecular weight excluding hydrogens is 470 g/mol. The zero-order chi connectivity index (χ0) is 24.2. The quantitative estimate of drug-likeness (QED) is 0.336. The summed E-state index contributed by atoms with van der Waals surface area (Å²) >= 11 is 6.73. The second-order valence-electron chi connectivity index (χ2n) is 8.68. The van der Waals surface area contributed by atoms with Crippen LogP contribution in [0.15, 0.2) is 28.0 Å². The van der Waals surface area contributed by atoms with E-state index in [0.29, 0.717) is 52.4 Å². The number of pyridine rings is 1. The molecular formula is C24H31N5O3S2. The van der Waals surface area contributed by atoms with Gasteiger partial charge >= 0.3 is 0 Å². The maximum Gasteiger partial charge on any atom is 0.267 e. The van der Waals surface area contributed by atoms with Gasteiger partial charge in [0.25, 0.3) is 11.5 Å². The summed E-state index contributed by atoms with van der Waals surface area (Å²) in [6.45, 7) is 8.33. The Kier molecular flexibility index (Phi) is 8.02. The van der Waals surface area contributed by atoms with Crippen molar-refractivity contribution in [3.05, 3.63) is 44.7 Å². The first-order valence-corrected chi connectivity index (χ1v) is 13.0. The SMILES string of the molecule is CCCCCN1C(=O)C(=Cc2c(N3CCN(CCO)CC3)nc3ccc(C)cn3c2=O)SC1=S.